The van der Waals surface area contributed by atoms with Crippen LogP contribution in [0.2, 0.25) is 0 Å². The Morgan fingerprint density at radius 3 is 1.54 bits per heavy atom. The van der Waals surface area contributed by atoms with Crippen molar-refractivity contribution in [2.45, 2.75) is 46.5 Å². The Morgan fingerprint density at radius 1 is 0.792 bits per heavy atom. The zero-order valence-corrected chi connectivity index (χ0v) is 15.4. The van der Waals surface area contributed by atoms with Crippen molar-refractivity contribution in [3.63, 3.8) is 0 Å². The molecule has 0 heteroatoms. The highest BCUT2D eigenvalue weighted by Gasteiger charge is 2.12. The quantitative estimate of drug-likeness (QED) is 0.520. The van der Waals surface area contributed by atoms with Crippen LogP contribution in [0.4, 0.5) is 0 Å². The summed E-state index contributed by atoms with van der Waals surface area (Å²) in [5.41, 5.74) is 8.42. The van der Waals surface area contributed by atoms with Gasteiger partial charge < -0.3 is 0 Å². The van der Waals surface area contributed by atoms with Gasteiger partial charge in [0.05, 0.1) is 0 Å². The van der Waals surface area contributed by atoms with Crippen LogP contribution in [0.25, 0.3) is 12.2 Å². The van der Waals surface area contributed by atoms with Gasteiger partial charge in [-0.2, -0.15) is 0 Å². The van der Waals surface area contributed by atoms with Crippen molar-refractivity contribution in [2.24, 2.45) is 5.92 Å². The molecule has 2 aromatic rings. The van der Waals surface area contributed by atoms with Gasteiger partial charge in [0.2, 0.25) is 0 Å². The van der Waals surface area contributed by atoms with E-state index in [9.17, 15) is 0 Å². The van der Waals surface area contributed by atoms with Crippen LogP contribution in [0, 0.1) is 5.92 Å². The molecular weight excluding hydrogens is 288 g/mol. The first-order chi connectivity index (χ1) is 11.6. The molecular formula is C24H30. The highest BCUT2D eigenvalue weighted by Crippen LogP contribution is 2.24. The number of benzene rings is 2. The maximum atomic E-state index is 3.96. The predicted octanol–water partition coefficient (Wildman–Crippen LogP) is 6.52. The third kappa shape index (κ3) is 4.06. The molecule has 0 fully saturated rings. The highest BCUT2D eigenvalue weighted by molar-refractivity contribution is 5.55. The number of hydrogen-bond acceptors (Lipinski definition) is 0. The summed E-state index contributed by atoms with van der Waals surface area (Å²) in [6, 6.07) is 13.2. The Bertz CT molecular complexity index is 644. The minimum absolute atomic E-state index is 0.612. The lowest BCUT2D eigenvalue weighted by Crippen LogP contribution is -2.09. The molecule has 0 bridgehead atoms. The molecule has 0 heterocycles. The van der Waals surface area contributed by atoms with Crippen LogP contribution in [0.1, 0.15) is 54.2 Å². The van der Waals surface area contributed by atoms with Gasteiger partial charge in [-0.25, -0.2) is 0 Å². The maximum Gasteiger partial charge on any atom is -0.0228 e. The van der Waals surface area contributed by atoms with E-state index in [-0.39, 0.29) is 0 Å². The van der Waals surface area contributed by atoms with E-state index in [1.54, 1.807) is 0 Å². The monoisotopic (exact) mass is 318 g/mol. The third-order valence-corrected chi connectivity index (χ3v) is 4.90. The molecule has 0 nitrogen and oxygen atoms in total. The van der Waals surface area contributed by atoms with Gasteiger partial charge in [-0.05, 0) is 65.0 Å². The molecule has 0 aliphatic carbocycles. The Kier molecular flexibility index (Phi) is 6.61. The molecule has 0 amide bonds. The topological polar surface area (TPSA) is 0 Å². The van der Waals surface area contributed by atoms with Gasteiger partial charge >= 0.3 is 0 Å². The molecule has 24 heavy (non-hydrogen) atoms. The SMILES string of the molecule is C=Cc1cccc(CC(C)Cc2cccc(C=C)c2CC)c1CC. The summed E-state index contributed by atoms with van der Waals surface area (Å²) in [5, 5.41) is 0. The molecule has 0 radical (unpaired) electrons. The van der Waals surface area contributed by atoms with Gasteiger partial charge in [0, 0.05) is 0 Å². The van der Waals surface area contributed by atoms with Crippen LogP contribution < -0.4 is 0 Å². The average Bonchev–Trinajstić information content (AvgIpc) is 2.60. The summed E-state index contributed by atoms with van der Waals surface area (Å²) >= 11 is 0. The minimum Gasteiger partial charge on any atom is -0.0985 e. The molecule has 0 saturated heterocycles. The number of hydrogen-bond donors (Lipinski definition) is 0. The summed E-state index contributed by atoms with van der Waals surface area (Å²) in [4.78, 5) is 0. The number of rotatable bonds is 8. The second-order valence-corrected chi connectivity index (χ2v) is 6.60. The molecule has 0 spiro atoms. The van der Waals surface area contributed by atoms with Crippen LogP contribution >= 0.6 is 0 Å². The third-order valence-electron chi connectivity index (χ3n) is 4.90. The Balaban J connectivity index is 2.22. The zero-order chi connectivity index (χ0) is 17.5. The molecule has 0 unspecified atom stereocenters. The molecule has 0 atom stereocenters. The molecule has 2 rings (SSSR count). The molecule has 0 aliphatic heterocycles. The average molecular weight is 319 g/mol. The fraction of sp³-hybridized carbons (Fsp3) is 0.333. The summed E-state index contributed by atoms with van der Waals surface area (Å²) in [6.45, 7) is 14.8. The molecule has 2 aromatic carbocycles. The van der Waals surface area contributed by atoms with E-state index < -0.39 is 0 Å². The summed E-state index contributed by atoms with van der Waals surface area (Å²) < 4.78 is 0. The maximum absolute atomic E-state index is 3.96. The minimum atomic E-state index is 0.612. The van der Waals surface area contributed by atoms with Crippen molar-refractivity contribution in [2.75, 3.05) is 0 Å². The van der Waals surface area contributed by atoms with Crippen molar-refractivity contribution in [1.29, 1.82) is 0 Å². The Labute approximate surface area is 147 Å². The fourth-order valence-electron chi connectivity index (χ4n) is 3.76. The summed E-state index contributed by atoms with van der Waals surface area (Å²) in [6.07, 6.45) is 8.33. The predicted molar refractivity (Wildman–Crippen MR) is 108 cm³/mol. The lowest BCUT2D eigenvalue weighted by molar-refractivity contribution is 0.572. The van der Waals surface area contributed by atoms with Crippen molar-refractivity contribution >= 4 is 12.2 Å². The van der Waals surface area contributed by atoms with Crippen molar-refractivity contribution in [3.05, 3.63) is 82.9 Å². The molecule has 0 aromatic heterocycles. The van der Waals surface area contributed by atoms with Crippen molar-refractivity contribution < 1.29 is 0 Å². The molecule has 0 N–H and O–H groups in total. The van der Waals surface area contributed by atoms with E-state index in [0.29, 0.717) is 5.92 Å². The van der Waals surface area contributed by atoms with E-state index >= 15 is 0 Å². The summed E-state index contributed by atoms with van der Waals surface area (Å²) in [7, 11) is 0. The normalized spacial score (nSPS) is 10.8. The smallest absolute Gasteiger partial charge is 0.0228 e. The van der Waals surface area contributed by atoms with Gasteiger partial charge in [0.15, 0.2) is 0 Å². The first-order valence-corrected chi connectivity index (χ1v) is 9.10. The first-order valence-electron chi connectivity index (χ1n) is 9.10. The largest absolute Gasteiger partial charge is 0.0985 e. The van der Waals surface area contributed by atoms with Crippen LogP contribution in [-0.2, 0) is 25.7 Å². The van der Waals surface area contributed by atoms with Crippen molar-refractivity contribution in [3.8, 4) is 0 Å². The molecule has 126 valence electrons. The fourth-order valence-corrected chi connectivity index (χ4v) is 3.76. The summed E-state index contributed by atoms with van der Waals surface area (Å²) in [5.74, 6) is 0.612. The second-order valence-electron chi connectivity index (χ2n) is 6.60. The van der Waals surface area contributed by atoms with Gasteiger partial charge in [-0.1, -0.05) is 82.5 Å². The van der Waals surface area contributed by atoms with E-state index in [2.05, 4.69) is 70.3 Å². The highest BCUT2D eigenvalue weighted by atomic mass is 14.2. The van der Waals surface area contributed by atoms with Crippen LogP contribution in [0.5, 0.6) is 0 Å². The van der Waals surface area contributed by atoms with Gasteiger partial charge in [-0.3, -0.25) is 0 Å². The van der Waals surface area contributed by atoms with Crippen molar-refractivity contribution in [1.82, 2.24) is 0 Å². The van der Waals surface area contributed by atoms with Crippen LogP contribution in [-0.4, -0.2) is 0 Å². The zero-order valence-electron chi connectivity index (χ0n) is 15.4. The van der Waals surface area contributed by atoms with E-state index in [1.807, 2.05) is 12.2 Å². The Morgan fingerprint density at radius 2 is 1.21 bits per heavy atom. The lowest BCUT2D eigenvalue weighted by Gasteiger charge is -2.18. The van der Waals surface area contributed by atoms with E-state index in [0.717, 1.165) is 25.7 Å². The van der Waals surface area contributed by atoms with E-state index in [1.165, 1.54) is 33.4 Å². The van der Waals surface area contributed by atoms with Gasteiger partial charge in [0.25, 0.3) is 0 Å². The lowest BCUT2D eigenvalue weighted by atomic mass is 9.87. The first kappa shape index (κ1) is 18.3. The molecule has 0 saturated carbocycles. The standard InChI is InChI=1S/C24H30/c1-6-19-12-10-14-21(23(19)8-3)16-18(5)17-22-15-11-13-20(7-2)24(22)9-4/h6-7,10-15,18H,1-2,8-9,16-17H2,3-5H3. The van der Waals surface area contributed by atoms with Crippen LogP contribution in [0.3, 0.4) is 0 Å². The van der Waals surface area contributed by atoms with Crippen LogP contribution in [0.15, 0.2) is 49.6 Å². The molecule has 0 aliphatic rings. The van der Waals surface area contributed by atoms with Gasteiger partial charge in [0.1, 0.15) is 0 Å². The van der Waals surface area contributed by atoms with E-state index in [4.69, 9.17) is 0 Å². The second kappa shape index (κ2) is 8.68. The Hall–Kier alpha value is -2.08. The van der Waals surface area contributed by atoms with Gasteiger partial charge in [-0.15, -0.1) is 0 Å².